The summed E-state index contributed by atoms with van der Waals surface area (Å²) in [4.78, 5) is 8.34. The predicted molar refractivity (Wildman–Crippen MR) is 66.8 cm³/mol. The molecule has 17 heavy (non-hydrogen) atoms. The molecule has 2 aromatic rings. The maximum absolute atomic E-state index is 4.18. The summed E-state index contributed by atoms with van der Waals surface area (Å²) >= 11 is 0. The highest BCUT2D eigenvalue weighted by atomic mass is 15.2. The number of hydrogen-bond donors (Lipinski definition) is 1. The maximum Gasteiger partial charge on any atom is 0.129 e. The summed E-state index contributed by atoms with van der Waals surface area (Å²) in [6.45, 7) is 2.94. The normalized spacial score (nSPS) is 10.5. The van der Waals surface area contributed by atoms with Gasteiger partial charge in [-0.15, -0.1) is 0 Å². The van der Waals surface area contributed by atoms with E-state index in [0.717, 1.165) is 30.9 Å². The Balaban J connectivity index is 1.85. The minimum atomic E-state index is 0.853. The number of aryl methyl sites for hydroxylation is 2. The van der Waals surface area contributed by atoms with Crippen LogP contribution >= 0.6 is 0 Å². The van der Waals surface area contributed by atoms with E-state index in [4.69, 9.17) is 0 Å². The minimum Gasteiger partial charge on any atom is -0.370 e. The summed E-state index contributed by atoms with van der Waals surface area (Å²) in [6, 6.07) is 1.99. The van der Waals surface area contributed by atoms with Crippen molar-refractivity contribution in [2.24, 2.45) is 7.05 Å². The molecule has 0 radical (unpaired) electrons. The van der Waals surface area contributed by atoms with Crippen LogP contribution in [0, 0.1) is 0 Å². The van der Waals surface area contributed by atoms with Crippen LogP contribution in [0.1, 0.15) is 18.2 Å². The lowest BCUT2D eigenvalue weighted by molar-refractivity contribution is 0.767. The third-order valence-corrected chi connectivity index (χ3v) is 2.56. The second kappa shape index (κ2) is 5.43. The molecule has 0 fully saturated rings. The van der Waals surface area contributed by atoms with Crippen LogP contribution < -0.4 is 5.32 Å². The first kappa shape index (κ1) is 11.6. The Morgan fingerprint density at radius 3 is 2.94 bits per heavy atom. The van der Waals surface area contributed by atoms with E-state index >= 15 is 0 Å². The Morgan fingerprint density at radius 1 is 1.35 bits per heavy atom. The third-order valence-electron chi connectivity index (χ3n) is 2.56. The van der Waals surface area contributed by atoms with Crippen LogP contribution in [-0.2, 0) is 19.9 Å². The molecule has 0 spiro atoms. The number of nitrogens with one attached hydrogen (secondary N) is 1. The van der Waals surface area contributed by atoms with Crippen LogP contribution in [0.2, 0.25) is 0 Å². The lowest BCUT2D eigenvalue weighted by atomic mass is 10.2. The van der Waals surface area contributed by atoms with Crippen LogP contribution in [0.3, 0.4) is 0 Å². The van der Waals surface area contributed by atoms with E-state index in [1.54, 1.807) is 6.33 Å². The molecule has 2 heterocycles. The molecule has 5 nitrogen and oxygen atoms in total. The molecule has 5 heteroatoms. The molecule has 0 aliphatic heterocycles. The van der Waals surface area contributed by atoms with Gasteiger partial charge in [-0.1, -0.05) is 6.92 Å². The third kappa shape index (κ3) is 3.27. The van der Waals surface area contributed by atoms with E-state index in [9.17, 15) is 0 Å². The minimum absolute atomic E-state index is 0.853. The summed E-state index contributed by atoms with van der Waals surface area (Å²) in [5.41, 5.74) is 2.29. The summed E-state index contributed by atoms with van der Waals surface area (Å²) in [5, 5.41) is 7.42. The highest BCUT2D eigenvalue weighted by Crippen LogP contribution is 2.05. The first-order chi connectivity index (χ1) is 8.28. The van der Waals surface area contributed by atoms with Gasteiger partial charge >= 0.3 is 0 Å². The van der Waals surface area contributed by atoms with Crippen molar-refractivity contribution in [1.82, 2.24) is 19.7 Å². The Bertz CT molecular complexity index is 477. The van der Waals surface area contributed by atoms with Gasteiger partial charge in [-0.25, -0.2) is 9.97 Å². The molecular weight excluding hydrogens is 214 g/mol. The summed E-state index contributed by atoms with van der Waals surface area (Å²) in [5.74, 6) is 0.890. The van der Waals surface area contributed by atoms with Gasteiger partial charge in [0.05, 0.1) is 6.20 Å². The number of nitrogens with zero attached hydrogens (tertiary/aromatic N) is 4. The lowest BCUT2D eigenvalue weighted by Crippen LogP contribution is -2.06. The first-order valence-electron chi connectivity index (χ1n) is 5.80. The Morgan fingerprint density at radius 2 is 2.24 bits per heavy atom. The van der Waals surface area contributed by atoms with Gasteiger partial charge in [0.25, 0.3) is 0 Å². The van der Waals surface area contributed by atoms with Crippen molar-refractivity contribution in [3.63, 3.8) is 0 Å². The number of anilines is 1. The molecular formula is C12H17N5. The van der Waals surface area contributed by atoms with Crippen LogP contribution in [0.4, 0.5) is 5.82 Å². The van der Waals surface area contributed by atoms with E-state index in [2.05, 4.69) is 27.3 Å². The van der Waals surface area contributed by atoms with Crippen molar-refractivity contribution in [2.75, 3.05) is 11.9 Å². The number of hydrogen-bond acceptors (Lipinski definition) is 4. The summed E-state index contributed by atoms with van der Waals surface area (Å²) < 4.78 is 1.81. The van der Waals surface area contributed by atoms with E-state index in [1.165, 1.54) is 5.56 Å². The van der Waals surface area contributed by atoms with Crippen molar-refractivity contribution in [2.45, 2.75) is 19.8 Å². The molecule has 2 rings (SSSR count). The first-order valence-corrected chi connectivity index (χ1v) is 5.80. The van der Waals surface area contributed by atoms with Crippen LogP contribution in [0.25, 0.3) is 0 Å². The quantitative estimate of drug-likeness (QED) is 0.845. The Hall–Kier alpha value is -1.91. The average molecular weight is 231 g/mol. The van der Waals surface area contributed by atoms with Gasteiger partial charge in [-0.2, -0.15) is 5.10 Å². The van der Waals surface area contributed by atoms with Crippen molar-refractivity contribution in [1.29, 1.82) is 0 Å². The van der Waals surface area contributed by atoms with Crippen LogP contribution in [0.15, 0.2) is 24.8 Å². The molecule has 0 aliphatic carbocycles. The van der Waals surface area contributed by atoms with E-state index in [1.807, 2.05) is 30.2 Å². The SMILES string of the molecule is CCc1cc(NCCc2cnn(C)c2)ncn1. The zero-order valence-electron chi connectivity index (χ0n) is 10.2. The molecule has 2 aromatic heterocycles. The fraction of sp³-hybridized carbons (Fsp3) is 0.417. The molecule has 0 unspecified atom stereocenters. The molecule has 0 amide bonds. The van der Waals surface area contributed by atoms with Crippen LogP contribution in [-0.4, -0.2) is 26.3 Å². The average Bonchev–Trinajstić information content (AvgIpc) is 2.75. The monoisotopic (exact) mass is 231 g/mol. The van der Waals surface area contributed by atoms with Crippen molar-refractivity contribution in [3.8, 4) is 0 Å². The molecule has 0 bridgehead atoms. The highest BCUT2D eigenvalue weighted by molar-refractivity contribution is 5.34. The smallest absolute Gasteiger partial charge is 0.129 e. The van der Waals surface area contributed by atoms with Crippen LogP contribution in [0.5, 0.6) is 0 Å². The molecule has 1 N–H and O–H groups in total. The van der Waals surface area contributed by atoms with Gasteiger partial charge < -0.3 is 5.32 Å². The molecule has 0 atom stereocenters. The Labute approximate surface area is 101 Å². The second-order valence-electron chi connectivity index (χ2n) is 3.95. The van der Waals surface area contributed by atoms with Gasteiger partial charge in [0.15, 0.2) is 0 Å². The van der Waals surface area contributed by atoms with E-state index in [0.29, 0.717) is 0 Å². The molecule has 0 aromatic carbocycles. The van der Waals surface area contributed by atoms with Gasteiger partial charge in [-0.3, -0.25) is 4.68 Å². The fourth-order valence-corrected chi connectivity index (χ4v) is 1.62. The van der Waals surface area contributed by atoms with E-state index in [-0.39, 0.29) is 0 Å². The molecule has 0 aliphatic rings. The highest BCUT2D eigenvalue weighted by Gasteiger charge is 1.98. The predicted octanol–water partition coefficient (Wildman–Crippen LogP) is 1.43. The topological polar surface area (TPSA) is 55.6 Å². The largest absolute Gasteiger partial charge is 0.370 e. The van der Waals surface area contributed by atoms with Gasteiger partial charge in [0.1, 0.15) is 12.1 Å². The maximum atomic E-state index is 4.18. The van der Waals surface area contributed by atoms with Crippen molar-refractivity contribution >= 4 is 5.82 Å². The summed E-state index contributed by atoms with van der Waals surface area (Å²) in [6.07, 6.45) is 7.39. The van der Waals surface area contributed by atoms with Gasteiger partial charge in [0, 0.05) is 31.5 Å². The number of aromatic nitrogens is 4. The van der Waals surface area contributed by atoms with Gasteiger partial charge in [-0.05, 0) is 18.4 Å². The zero-order valence-corrected chi connectivity index (χ0v) is 10.2. The standard InChI is InChI=1S/C12H17N5/c1-3-11-6-12(15-9-14-11)13-5-4-10-7-16-17(2)8-10/h6-9H,3-5H2,1-2H3,(H,13,14,15). The van der Waals surface area contributed by atoms with Crippen molar-refractivity contribution < 1.29 is 0 Å². The second-order valence-corrected chi connectivity index (χ2v) is 3.95. The molecule has 0 saturated heterocycles. The lowest BCUT2D eigenvalue weighted by Gasteiger charge is -2.05. The Kier molecular flexibility index (Phi) is 3.69. The number of rotatable bonds is 5. The zero-order chi connectivity index (χ0) is 12.1. The molecule has 0 saturated carbocycles. The molecule has 90 valence electrons. The van der Waals surface area contributed by atoms with E-state index < -0.39 is 0 Å². The fourth-order valence-electron chi connectivity index (χ4n) is 1.62. The summed E-state index contributed by atoms with van der Waals surface area (Å²) in [7, 11) is 1.93. The van der Waals surface area contributed by atoms with Crippen molar-refractivity contribution in [3.05, 3.63) is 36.0 Å². The van der Waals surface area contributed by atoms with Gasteiger partial charge in [0.2, 0.25) is 0 Å².